The highest BCUT2D eigenvalue weighted by Gasteiger charge is 2.47. The van der Waals surface area contributed by atoms with Crippen LogP contribution >= 0.6 is 0 Å². The van der Waals surface area contributed by atoms with E-state index in [-0.39, 0.29) is 28.8 Å². The molecule has 3 fully saturated rings. The third-order valence-corrected chi connectivity index (χ3v) is 5.83. The Morgan fingerprint density at radius 3 is 2.42 bits per heavy atom. The van der Waals surface area contributed by atoms with E-state index in [0.717, 1.165) is 12.8 Å². The molecule has 3 atom stereocenters. The Kier molecular flexibility index (Phi) is 4.44. The molecule has 2 N–H and O–H groups in total. The van der Waals surface area contributed by atoms with Gasteiger partial charge in [-0.25, -0.2) is 0 Å². The first kappa shape index (κ1) is 17.4. The van der Waals surface area contributed by atoms with Crippen LogP contribution in [0.15, 0.2) is 12.1 Å². The molecule has 4 rings (SSSR count). The maximum atomic E-state index is 13.1. The zero-order valence-electron chi connectivity index (χ0n) is 15.3. The average Bonchev–Trinajstić information content (AvgIpc) is 3.00. The normalized spacial score (nSPS) is 30.5. The number of methoxy groups -OCH3 is 2. The van der Waals surface area contributed by atoms with Gasteiger partial charge in [-0.05, 0) is 37.8 Å². The van der Waals surface area contributed by atoms with E-state index in [4.69, 9.17) is 14.2 Å². The van der Waals surface area contributed by atoms with Crippen molar-refractivity contribution in [2.24, 2.45) is 0 Å². The fraction of sp³-hybridized carbons (Fsp3) is 0.632. The van der Waals surface area contributed by atoms with Crippen molar-refractivity contribution < 1.29 is 24.1 Å². The summed E-state index contributed by atoms with van der Waals surface area (Å²) in [5.74, 6) is 0.279. The molecule has 7 heteroatoms. The van der Waals surface area contributed by atoms with E-state index < -0.39 is 0 Å². The summed E-state index contributed by atoms with van der Waals surface area (Å²) in [6.07, 6.45) is 4.29. The minimum atomic E-state index is -0.240. The van der Waals surface area contributed by atoms with E-state index in [1.54, 1.807) is 12.1 Å². The number of carbonyl (C=O) groups is 1. The second kappa shape index (κ2) is 6.63. The van der Waals surface area contributed by atoms with E-state index in [1.807, 2.05) is 4.90 Å². The molecular weight excluding hydrogens is 336 g/mol. The van der Waals surface area contributed by atoms with Gasteiger partial charge in [0, 0.05) is 24.2 Å². The monoisotopic (exact) mass is 362 g/mol. The highest BCUT2D eigenvalue weighted by Crippen LogP contribution is 2.40. The number of hydrogen-bond donors (Lipinski definition) is 2. The maximum absolute atomic E-state index is 13.1. The van der Waals surface area contributed by atoms with Crippen molar-refractivity contribution in [1.29, 1.82) is 0 Å². The first-order valence-electron chi connectivity index (χ1n) is 9.18. The van der Waals surface area contributed by atoms with Gasteiger partial charge in [-0.1, -0.05) is 0 Å². The number of benzene rings is 1. The lowest BCUT2D eigenvalue weighted by Crippen LogP contribution is -2.60. The number of aromatic hydroxyl groups is 1. The fourth-order valence-electron chi connectivity index (χ4n) is 4.67. The van der Waals surface area contributed by atoms with Crippen LogP contribution in [0.2, 0.25) is 0 Å². The topological polar surface area (TPSA) is 80.3 Å². The van der Waals surface area contributed by atoms with Crippen molar-refractivity contribution >= 4 is 5.91 Å². The predicted molar refractivity (Wildman–Crippen MR) is 95.0 cm³/mol. The first-order chi connectivity index (χ1) is 12.5. The Balaban J connectivity index is 1.56. The van der Waals surface area contributed by atoms with Gasteiger partial charge >= 0.3 is 0 Å². The Bertz CT molecular complexity index is 670. The SMILES string of the molecule is COc1cc(C(=O)N2CCOC3(C[C@H]4CC[C@@H](C3)N4)C2)cc(OC)c1O. The summed E-state index contributed by atoms with van der Waals surface area (Å²) in [5.41, 5.74) is 0.210. The van der Waals surface area contributed by atoms with Crippen molar-refractivity contribution in [2.45, 2.75) is 43.4 Å². The summed E-state index contributed by atoms with van der Waals surface area (Å²) in [5, 5.41) is 13.7. The minimum absolute atomic E-state index is 0.0878. The Labute approximate surface area is 153 Å². The Hall–Kier alpha value is -1.99. The lowest BCUT2D eigenvalue weighted by atomic mass is 9.85. The summed E-state index contributed by atoms with van der Waals surface area (Å²) in [6, 6.07) is 4.12. The van der Waals surface area contributed by atoms with Crippen LogP contribution in [0.5, 0.6) is 17.2 Å². The van der Waals surface area contributed by atoms with Crippen LogP contribution in [0.1, 0.15) is 36.0 Å². The highest BCUT2D eigenvalue weighted by molar-refractivity contribution is 5.95. The van der Waals surface area contributed by atoms with Crippen LogP contribution in [0.4, 0.5) is 0 Å². The number of carbonyl (C=O) groups excluding carboxylic acids is 1. The zero-order valence-corrected chi connectivity index (χ0v) is 15.3. The van der Waals surface area contributed by atoms with Crippen molar-refractivity contribution in [3.05, 3.63) is 17.7 Å². The van der Waals surface area contributed by atoms with Crippen LogP contribution in [-0.4, -0.2) is 67.5 Å². The summed E-state index contributed by atoms with van der Waals surface area (Å²) >= 11 is 0. The van der Waals surface area contributed by atoms with Crippen LogP contribution in [0.25, 0.3) is 0 Å². The third-order valence-electron chi connectivity index (χ3n) is 5.83. The molecule has 1 amide bonds. The number of nitrogens with one attached hydrogen (secondary N) is 1. The molecule has 0 aliphatic carbocycles. The van der Waals surface area contributed by atoms with Crippen molar-refractivity contribution in [1.82, 2.24) is 10.2 Å². The minimum Gasteiger partial charge on any atom is -0.502 e. The Morgan fingerprint density at radius 1 is 1.23 bits per heavy atom. The van der Waals surface area contributed by atoms with Crippen molar-refractivity contribution in [3.8, 4) is 17.2 Å². The quantitative estimate of drug-likeness (QED) is 0.849. The molecular formula is C19H26N2O5. The number of nitrogens with zero attached hydrogens (tertiary/aromatic N) is 1. The number of phenols is 1. The van der Waals surface area contributed by atoms with Gasteiger partial charge in [0.15, 0.2) is 11.5 Å². The number of ether oxygens (including phenoxy) is 3. The van der Waals surface area contributed by atoms with Gasteiger partial charge in [-0.3, -0.25) is 4.79 Å². The van der Waals surface area contributed by atoms with Gasteiger partial charge < -0.3 is 29.5 Å². The molecule has 0 aromatic heterocycles. The molecule has 26 heavy (non-hydrogen) atoms. The van der Waals surface area contributed by atoms with Crippen LogP contribution in [0.3, 0.4) is 0 Å². The van der Waals surface area contributed by atoms with Crippen LogP contribution < -0.4 is 14.8 Å². The smallest absolute Gasteiger partial charge is 0.254 e. The van der Waals surface area contributed by atoms with Gasteiger partial charge in [0.25, 0.3) is 5.91 Å². The lowest BCUT2D eigenvalue weighted by Gasteiger charge is -2.47. The number of rotatable bonds is 3. The standard InChI is InChI=1S/C19H26N2O5/c1-24-15-7-12(8-16(25-2)17(15)22)18(23)21-5-6-26-19(11-21)9-13-3-4-14(10-19)20-13/h7-8,13-14,20,22H,3-6,9-11H2,1-2H3/t13-,14+,19?. The average molecular weight is 362 g/mol. The van der Waals surface area contributed by atoms with Crippen molar-refractivity contribution in [3.63, 3.8) is 0 Å². The number of hydrogen-bond acceptors (Lipinski definition) is 6. The molecule has 3 heterocycles. The second-order valence-corrected chi connectivity index (χ2v) is 7.53. The molecule has 1 spiro atoms. The number of morpholine rings is 1. The molecule has 1 unspecified atom stereocenters. The second-order valence-electron chi connectivity index (χ2n) is 7.53. The van der Waals surface area contributed by atoms with E-state index >= 15 is 0 Å². The van der Waals surface area contributed by atoms with Gasteiger partial charge in [0.1, 0.15) is 0 Å². The Morgan fingerprint density at radius 2 is 1.85 bits per heavy atom. The maximum Gasteiger partial charge on any atom is 0.254 e. The third kappa shape index (κ3) is 2.99. The van der Waals surface area contributed by atoms with Gasteiger partial charge in [0.2, 0.25) is 5.75 Å². The summed E-state index contributed by atoms with van der Waals surface area (Å²) in [4.78, 5) is 15.0. The van der Waals surface area contributed by atoms with E-state index in [9.17, 15) is 9.90 Å². The molecule has 3 saturated heterocycles. The largest absolute Gasteiger partial charge is 0.502 e. The van der Waals surface area contributed by atoms with Gasteiger partial charge in [-0.15, -0.1) is 0 Å². The molecule has 142 valence electrons. The predicted octanol–water partition coefficient (Wildman–Crippen LogP) is 1.53. The first-order valence-corrected chi connectivity index (χ1v) is 9.18. The molecule has 3 aliphatic heterocycles. The fourth-order valence-corrected chi connectivity index (χ4v) is 4.67. The molecule has 2 bridgehead atoms. The van der Waals surface area contributed by atoms with E-state index in [2.05, 4.69) is 5.32 Å². The molecule has 0 saturated carbocycles. The number of phenolic OH excluding ortho intramolecular Hbond substituents is 1. The van der Waals surface area contributed by atoms with Crippen molar-refractivity contribution in [2.75, 3.05) is 33.9 Å². The molecule has 1 aromatic carbocycles. The molecule has 1 aromatic rings. The van der Waals surface area contributed by atoms with Gasteiger partial charge in [0.05, 0.1) is 33.0 Å². The highest BCUT2D eigenvalue weighted by atomic mass is 16.5. The lowest BCUT2D eigenvalue weighted by molar-refractivity contribution is -0.122. The molecule has 3 aliphatic rings. The van der Waals surface area contributed by atoms with Crippen LogP contribution in [0, 0.1) is 0 Å². The summed E-state index contributed by atoms with van der Waals surface area (Å²) in [7, 11) is 2.91. The van der Waals surface area contributed by atoms with E-state index in [1.165, 1.54) is 27.1 Å². The van der Waals surface area contributed by atoms with Gasteiger partial charge in [-0.2, -0.15) is 0 Å². The molecule has 7 nitrogen and oxygen atoms in total. The summed E-state index contributed by atoms with van der Waals surface area (Å²) < 4.78 is 16.5. The summed E-state index contributed by atoms with van der Waals surface area (Å²) in [6.45, 7) is 1.72. The van der Waals surface area contributed by atoms with E-state index in [0.29, 0.717) is 37.3 Å². The van der Waals surface area contributed by atoms with Crippen LogP contribution in [-0.2, 0) is 4.74 Å². The number of fused-ring (bicyclic) bond motifs is 2. The molecule has 0 radical (unpaired) electrons. The zero-order chi connectivity index (χ0) is 18.3. The number of piperidine rings is 1. The number of amides is 1.